The van der Waals surface area contributed by atoms with Crippen molar-refractivity contribution in [3.63, 3.8) is 0 Å². The Morgan fingerprint density at radius 2 is 2.21 bits per heavy atom. The average molecular weight is 216 g/mol. The minimum atomic E-state index is -0.537. The monoisotopic (exact) mass is 215 g/mol. The number of nitrogens with two attached hydrogens (primary N) is 1. The van der Waals surface area contributed by atoms with E-state index in [9.17, 15) is 9.18 Å². The highest BCUT2D eigenvalue weighted by molar-refractivity contribution is 6.31. The normalized spacial score (nSPS) is 10.3. The maximum absolute atomic E-state index is 13.3. The number of carbonyl (C=O) groups excluding carboxylic acids is 1. The van der Waals surface area contributed by atoms with E-state index in [1.165, 1.54) is 12.1 Å². The largest absolute Gasteiger partial charge is 0.330 e. The van der Waals surface area contributed by atoms with Crippen molar-refractivity contribution in [1.82, 2.24) is 0 Å². The van der Waals surface area contributed by atoms with Crippen LogP contribution >= 0.6 is 11.6 Å². The van der Waals surface area contributed by atoms with Gasteiger partial charge in [-0.25, -0.2) is 4.39 Å². The molecule has 1 aromatic rings. The van der Waals surface area contributed by atoms with Gasteiger partial charge in [-0.3, -0.25) is 4.79 Å². The minimum Gasteiger partial charge on any atom is -0.330 e. The van der Waals surface area contributed by atoms with Gasteiger partial charge in [0.2, 0.25) is 0 Å². The van der Waals surface area contributed by atoms with E-state index < -0.39 is 5.82 Å². The van der Waals surface area contributed by atoms with E-state index in [0.717, 1.165) is 0 Å². The van der Waals surface area contributed by atoms with Crippen molar-refractivity contribution in [2.75, 3.05) is 6.54 Å². The molecular weight excluding hydrogens is 205 g/mol. The number of benzene rings is 1. The number of Topliss-reactive ketones (excluding diaryl/α,β-unsaturated/α-hetero) is 1. The molecule has 0 fully saturated rings. The third kappa shape index (κ3) is 2.30. The molecule has 0 atom stereocenters. The summed E-state index contributed by atoms with van der Waals surface area (Å²) in [6.45, 7) is 1.90. The Bertz CT molecular complexity index is 365. The van der Waals surface area contributed by atoms with E-state index in [1.807, 2.05) is 0 Å². The molecule has 0 aliphatic rings. The topological polar surface area (TPSA) is 43.1 Å². The summed E-state index contributed by atoms with van der Waals surface area (Å²) >= 11 is 5.78. The zero-order valence-corrected chi connectivity index (χ0v) is 8.57. The quantitative estimate of drug-likeness (QED) is 0.787. The number of ketones is 1. The summed E-state index contributed by atoms with van der Waals surface area (Å²) in [6, 6.07) is 2.61. The Morgan fingerprint density at radius 1 is 1.57 bits per heavy atom. The zero-order chi connectivity index (χ0) is 10.7. The summed E-state index contributed by atoms with van der Waals surface area (Å²) in [4.78, 5) is 11.4. The van der Waals surface area contributed by atoms with E-state index in [4.69, 9.17) is 17.3 Å². The first-order chi connectivity index (χ1) is 6.56. The Labute approximate surface area is 86.9 Å². The van der Waals surface area contributed by atoms with Gasteiger partial charge >= 0.3 is 0 Å². The second kappa shape index (κ2) is 4.53. The van der Waals surface area contributed by atoms with Crippen molar-refractivity contribution >= 4 is 17.4 Å². The number of halogens is 2. The predicted octanol–water partition coefficient (Wildman–Crippen LogP) is 2.32. The first kappa shape index (κ1) is 11.1. The van der Waals surface area contributed by atoms with Crippen molar-refractivity contribution in [3.8, 4) is 0 Å². The van der Waals surface area contributed by atoms with E-state index in [1.54, 1.807) is 6.92 Å². The van der Waals surface area contributed by atoms with Gasteiger partial charge in [0, 0.05) is 11.4 Å². The van der Waals surface area contributed by atoms with Crippen LogP contribution in [-0.2, 0) is 0 Å². The first-order valence-corrected chi connectivity index (χ1v) is 4.63. The highest BCUT2D eigenvalue weighted by Gasteiger charge is 2.12. The molecule has 2 nitrogen and oxygen atoms in total. The van der Waals surface area contributed by atoms with Gasteiger partial charge in [-0.2, -0.15) is 0 Å². The minimum absolute atomic E-state index is 0.0195. The lowest BCUT2D eigenvalue weighted by molar-refractivity contribution is 0.0981. The Morgan fingerprint density at radius 3 is 2.79 bits per heavy atom. The van der Waals surface area contributed by atoms with Crippen molar-refractivity contribution in [3.05, 3.63) is 34.1 Å². The van der Waals surface area contributed by atoms with Gasteiger partial charge in [-0.1, -0.05) is 11.6 Å². The summed E-state index contributed by atoms with van der Waals surface area (Å²) in [5, 5.41) is 0.395. The Hall–Kier alpha value is -0.930. The fourth-order valence-electron chi connectivity index (χ4n) is 1.13. The van der Waals surface area contributed by atoms with Crippen LogP contribution in [0.1, 0.15) is 22.3 Å². The van der Waals surface area contributed by atoms with Crippen LogP contribution < -0.4 is 5.73 Å². The maximum Gasteiger partial charge on any atom is 0.167 e. The van der Waals surface area contributed by atoms with Crippen LogP contribution in [0.3, 0.4) is 0 Å². The molecule has 4 heteroatoms. The van der Waals surface area contributed by atoms with Crippen LogP contribution in [0.5, 0.6) is 0 Å². The lowest BCUT2D eigenvalue weighted by Crippen LogP contribution is -2.10. The van der Waals surface area contributed by atoms with Crippen molar-refractivity contribution < 1.29 is 9.18 Å². The zero-order valence-electron chi connectivity index (χ0n) is 7.81. The summed E-state index contributed by atoms with van der Waals surface area (Å²) in [5.41, 5.74) is 5.85. The number of carbonyl (C=O) groups is 1. The fourth-order valence-corrected chi connectivity index (χ4v) is 1.29. The standard InChI is InChI=1S/C10H11ClFNO/c1-6-4-9(12)7(5-8(6)11)10(14)2-3-13/h4-5H,2-3,13H2,1H3. The van der Waals surface area contributed by atoms with Gasteiger partial charge in [0.05, 0.1) is 5.56 Å². The third-order valence-corrected chi connectivity index (χ3v) is 2.33. The van der Waals surface area contributed by atoms with Gasteiger partial charge < -0.3 is 5.73 Å². The van der Waals surface area contributed by atoms with Gasteiger partial charge in [-0.15, -0.1) is 0 Å². The van der Waals surface area contributed by atoms with E-state index >= 15 is 0 Å². The number of rotatable bonds is 3. The van der Waals surface area contributed by atoms with Crippen LogP contribution in [0.25, 0.3) is 0 Å². The molecule has 0 amide bonds. The molecule has 2 N–H and O–H groups in total. The molecule has 0 unspecified atom stereocenters. The number of aryl methyl sites for hydroxylation is 1. The maximum atomic E-state index is 13.3. The first-order valence-electron chi connectivity index (χ1n) is 4.25. The van der Waals surface area contributed by atoms with E-state index in [0.29, 0.717) is 10.6 Å². The molecule has 0 aliphatic heterocycles. The predicted molar refractivity (Wildman–Crippen MR) is 54.1 cm³/mol. The van der Waals surface area contributed by atoms with Crippen molar-refractivity contribution in [2.45, 2.75) is 13.3 Å². The van der Waals surface area contributed by atoms with Crippen LogP contribution in [-0.4, -0.2) is 12.3 Å². The summed E-state index contributed by atoms with van der Waals surface area (Å²) in [5.74, 6) is -0.850. The fraction of sp³-hybridized carbons (Fsp3) is 0.300. The molecule has 0 aromatic heterocycles. The number of hydrogen-bond acceptors (Lipinski definition) is 2. The molecule has 0 bridgehead atoms. The summed E-state index contributed by atoms with van der Waals surface area (Å²) in [6.07, 6.45) is 0.135. The Balaban J connectivity index is 3.09. The Kier molecular flexibility index (Phi) is 3.61. The second-order valence-electron chi connectivity index (χ2n) is 3.04. The van der Waals surface area contributed by atoms with Crippen LogP contribution in [0, 0.1) is 12.7 Å². The van der Waals surface area contributed by atoms with Gasteiger partial charge in [-0.05, 0) is 31.2 Å². The van der Waals surface area contributed by atoms with Crippen LogP contribution in [0.2, 0.25) is 5.02 Å². The third-order valence-electron chi connectivity index (χ3n) is 1.92. The van der Waals surface area contributed by atoms with Crippen LogP contribution in [0.15, 0.2) is 12.1 Å². The lowest BCUT2D eigenvalue weighted by Gasteiger charge is -2.04. The van der Waals surface area contributed by atoms with Gasteiger partial charge in [0.1, 0.15) is 5.82 Å². The lowest BCUT2D eigenvalue weighted by atomic mass is 10.1. The van der Waals surface area contributed by atoms with Gasteiger partial charge in [0.15, 0.2) is 5.78 Å². The molecule has 1 rings (SSSR count). The molecule has 0 saturated carbocycles. The second-order valence-corrected chi connectivity index (χ2v) is 3.45. The highest BCUT2D eigenvalue weighted by atomic mass is 35.5. The molecule has 0 radical (unpaired) electrons. The molecule has 0 spiro atoms. The summed E-state index contributed by atoms with van der Waals surface area (Å²) < 4.78 is 13.3. The molecule has 14 heavy (non-hydrogen) atoms. The van der Waals surface area contributed by atoms with Crippen molar-refractivity contribution in [1.29, 1.82) is 0 Å². The molecular formula is C10H11ClFNO. The molecule has 1 aromatic carbocycles. The highest BCUT2D eigenvalue weighted by Crippen LogP contribution is 2.20. The smallest absolute Gasteiger partial charge is 0.167 e. The van der Waals surface area contributed by atoms with E-state index in [2.05, 4.69) is 0 Å². The molecule has 0 saturated heterocycles. The number of hydrogen-bond donors (Lipinski definition) is 1. The van der Waals surface area contributed by atoms with Crippen LogP contribution in [0.4, 0.5) is 4.39 Å². The SMILES string of the molecule is Cc1cc(F)c(C(=O)CCN)cc1Cl. The molecule has 0 aliphatic carbocycles. The average Bonchev–Trinajstić information content (AvgIpc) is 2.11. The van der Waals surface area contributed by atoms with Gasteiger partial charge in [0.25, 0.3) is 0 Å². The molecule has 76 valence electrons. The van der Waals surface area contributed by atoms with Crippen molar-refractivity contribution in [2.24, 2.45) is 5.73 Å². The summed E-state index contributed by atoms with van der Waals surface area (Å²) in [7, 11) is 0. The van der Waals surface area contributed by atoms with E-state index in [-0.39, 0.29) is 24.3 Å². The molecule has 0 heterocycles.